The Morgan fingerprint density at radius 3 is 2.73 bits per heavy atom. The molecule has 2 rings (SSSR count). The summed E-state index contributed by atoms with van der Waals surface area (Å²) in [6.07, 6.45) is 1.27. The van der Waals surface area contributed by atoms with Crippen molar-refractivity contribution in [2.75, 3.05) is 19.8 Å². The molecule has 0 unspecified atom stereocenters. The molecule has 1 amide bonds. The van der Waals surface area contributed by atoms with E-state index >= 15 is 0 Å². The van der Waals surface area contributed by atoms with Crippen LogP contribution in [-0.2, 0) is 0 Å². The van der Waals surface area contributed by atoms with Gasteiger partial charge in [-0.1, -0.05) is 0 Å². The Bertz CT molecular complexity index is 620. The molecular weight excluding hydrogens is 289 g/mol. The van der Waals surface area contributed by atoms with Crippen molar-refractivity contribution in [2.24, 2.45) is 0 Å². The average Bonchev–Trinajstić information content (AvgIpc) is 2.53. The zero-order valence-corrected chi connectivity index (χ0v) is 12.1. The van der Waals surface area contributed by atoms with Gasteiger partial charge >= 0.3 is 0 Å². The van der Waals surface area contributed by atoms with Gasteiger partial charge in [0.1, 0.15) is 30.2 Å². The summed E-state index contributed by atoms with van der Waals surface area (Å²) in [5.74, 6) is 0.224. The van der Waals surface area contributed by atoms with Gasteiger partial charge in [-0.3, -0.25) is 4.79 Å². The number of halogens is 1. The van der Waals surface area contributed by atoms with Crippen LogP contribution in [0.3, 0.4) is 0 Å². The minimum absolute atomic E-state index is 0.222. The van der Waals surface area contributed by atoms with E-state index in [-0.39, 0.29) is 24.0 Å². The number of hydrogen-bond acceptors (Lipinski definition) is 5. The Balaban J connectivity index is 1.77. The van der Waals surface area contributed by atoms with Gasteiger partial charge in [0, 0.05) is 6.07 Å². The number of benzene rings is 1. The van der Waals surface area contributed by atoms with Crippen LogP contribution in [0.15, 0.2) is 36.7 Å². The van der Waals surface area contributed by atoms with Crippen LogP contribution in [0, 0.1) is 5.82 Å². The maximum absolute atomic E-state index is 12.7. The molecule has 0 saturated heterocycles. The van der Waals surface area contributed by atoms with Crippen molar-refractivity contribution in [1.82, 2.24) is 15.3 Å². The molecule has 6 nitrogen and oxygen atoms in total. The first kappa shape index (κ1) is 15.7. The molecule has 2 aromatic rings. The summed E-state index contributed by atoms with van der Waals surface area (Å²) in [6, 6.07) is 7.14. The highest BCUT2D eigenvalue weighted by molar-refractivity contribution is 5.92. The molecule has 0 radical (unpaired) electrons. The first-order valence-electron chi connectivity index (χ1n) is 6.80. The minimum atomic E-state index is -0.342. The lowest BCUT2D eigenvalue weighted by molar-refractivity contribution is 0.0941. The SMILES string of the molecule is CCOc1cc(C(=O)NCCOc2ccc(F)cc2)ncn1. The van der Waals surface area contributed by atoms with Crippen LogP contribution in [-0.4, -0.2) is 35.6 Å². The van der Waals surface area contributed by atoms with Gasteiger partial charge < -0.3 is 14.8 Å². The van der Waals surface area contributed by atoms with E-state index in [4.69, 9.17) is 9.47 Å². The molecule has 0 atom stereocenters. The lowest BCUT2D eigenvalue weighted by Crippen LogP contribution is -2.28. The maximum atomic E-state index is 12.7. The van der Waals surface area contributed by atoms with Crippen LogP contribution in [0.2, 0.25) is 0 Å². The molecule has 0 fully saturated rings. The number of nitrogens with one attached hydrogen (secondary N) is 1. The lowest BCUT2D eigenvalue weighted by atomic mass is 10.3. The molecule has 7 heteroatoms. The molecule has 1 N–H and O–H groups in total. The first-order valence-corrected chi connectivity index (χ1v) is 6.80. The van der Waals surface area contributed by atoms with Crippen LogP contribution < -0.4 is 14.8 Å². The Hall–Kier alpha value is -2.70. The number of nitrogens with zero attached hydrogens (tertiary/aromatic N) is 2. The molecule has 0 bridgehead atoms. The van der Waals surface area contributed by atoms with Crippen molar-refractivity contribution < 1.29 is 18.7 Å². The molecular formula is C15H16FN3O3. The Labute approximate surface area is 127 Å². The zero-order valence-electron chi connectivity index (χ0n) is 12.1. The molecule has 116 valence electrons. The minimum Gasteiger partial charge on any atom is -0.492 e. The number of hydrogen-bond donors (Lipinski definition) is 1. The maximum Gasteiger partial charge on any atom is 0.270 e. The first-order chi connectivity index (χ1) is 10.7. The van der Waals surface area contributed by atoms with Crippen molar-refractivity contribution in [2.45, 2.75) is 6.92 Å². The Morgan fingerprint density at radius 1 is 1.23 bits per heavy atom. The molecule has 0 aliphatic heterocycles. The largest absolute Gasteiger partial charge is 0.492 e. The second-order valence-electron chi connectivity index (χ2n) is 4.23. The summed E-state index contributed by atoms with van der Waals surface area (Å²) in [5, 5.41) is 2.67. The van der Waals surface area contributed by atoms with Gasteiger partial charge in [-0.25, -0.2) is 14.4 Å². The van der Waals surface area contributed by atoms with Crippen LogP contribution in [0.5, 0.6) is 11.6 Å². The summed E-state index contributed by atoms with van der Waals surface area (Å²) in [4.78, 5) is 19.7. The van der Waals surface area contributed by atoms with Crippen molar-refractivity contribution in [3.05, 3.63) is 48.2 Å². The van der Waals surface area contributed by atoms with E-state index in [0.29, 0.717) is 24.8 Å². The Kier molecular flexibility index (Phi) is 5.65. The van der Waals surface area contributed by atoms with Gasteiger partial charge in [-0.2, -0.15) is 0 Å². The second-order valence-corrected chi connectivity index (χ2v) is 4.23. The van der Waals surface area contributed by atoms with Crippen LogP contribution in [0.4, 0.5) is 4.39 Å². The van der Waals surface area contributed by atoms with E-state index in [1.165, 1.54) is 36.7 Å². The topological polar surface area (TPSA) is 73.3 Å². The summed E-state index contributed by atoms with van der Waals surface area (Å²) in [5.41, 5.74) is 0.222. The molecule has 0 saturated carbocycles. The van der Waals surface area contributed by atoms with Crippen molar-refractivity contribution >= 4 is 5.91 Å². The fourth-order valence-electron chi connectivity index (χ4n) is 1.65. The number of rotatable bonds is 7. The van der Waals surface area contributed by atoms with Crippen LogP contribution in [0.1, 0.15) is 17.4 Å². The molecule has 1 heterocycles. The third-order valence-electron chi connectivity index (χ3n) is 2.64. The van der Waals surface area contributed by atoms with Crippen molar-refractivity contribution in [1.29, 1.82) is 0 Å². The summed E-state index contributed by atoms with van der Waals surface area (Å²) < 4.78 is 23.3. The smallest absolute Gasteiger partial charge is 0.270 e. The summed E-state index contributed by atoms with van der Waals surface area (Å²) in [7, 11) is 0. The third-order valence-corrected chi connectivity index (χ3v) is 2.64. The third kappa shape index (κ3) is 4.69. The monoisotopic (exact) mass is 305 g/mol. The van der Waals surface area contributed by atoms with Gasteiger partial charge in [0.15, 0.2) is 0 Å². The molecule has 0 aliphatic carbocycles. The highest BCUT2D eigenvalue weighted by Gasteiger charge is 2.08. The zero-order chi connectivity index (χ0) is 15.8. The van der Waals surface area contributed by atoms with Gasteiger partial charge in [0.05, 0.1) is 13.2 Å². The molecule has 22 heavy (non-hydrogen) atoms. The van der Waals surface area contributed by atoms with Gasteiger partial charge in [0.2, 0.25) is 5.88 Å². The van der Waals surface area contributed by atoms with Crippen molar-refractivity contribution in [3.8, 4) is 11.6 Å². The van der Waals surface area contributed by atoms with E-state index < -0.39 is 0 Å². The highest BCUT2D eigenvalue weighted by Crippen LogP contribution is 2.10. The van der Waals surface area contributed by atoms with Crippen LogP contribution in [0.25, 0.3) is 0 Å². The second kappa shape index (κ2) is 7.92. The standard InChI is InChI=1S/C15H16FN3O3/c1-2-21-14-9-13(18-10-19-14)15(20)17-7-8-22-12-5-3-11(16)4-6-12/h3-6,9-10H,2,7-8H2,1H3,(H,17,20). The number of carbonyl (C=O) groups excluding carboxylic acids is 1. The van der Waals surface area contributed by atoms with E-state index in [1.54, 1.807) is 0 Å². The van der Waals surface area contributed by atoms with E-state index in [9.17, 15) is 9.18 Å². The quantitative estimate of drug-likeness (QED) is 0.790. The Morgan fingerprint density at radius 2 is 2.00 bits per heavy atom. The normalized spacial score (nSPS) is 10.1. The number of aromatic nitrogens is 2. The van der Waals surface area contributed by atoms with Gasteiger partial charge in [-0.05, 0) is 31.2 Å². The molecule has 0 spiro atoms. The highest BCUT2D eigenvalue weighted by atomic mass is 19.1. The lowest BCUT2D eigenvalue weighted by Gasteiger charge is -2.08. The average molecular weight is 305 g/mol. The summed E-state index contributed by atoms with van der Waals surface area (Å²) in [6.45, 7) is 2.85. The number of ether oxygens (including phenoxy) is 2. The van der Waals surface area contributed by atoms with E-state index in [2.05, 4.69) is 15.3 Å². The molecule has 0 aliphatic rings. The van der Waals surface area contributed by atoms with Crippen LogP contribution >= 0.6 is 0 Å². The van der Waals surface area contributed by atoms with E-state index in [0.717, 1.165) is 0 Å². The fourth-order valence-corrected chi connectivity index (χ4v) is 1.65. The predicted molar refractivity (Wildman–Crippen MR) is 77.4 cm³/mol. The predicted octanol–water partition coefficient (Wildman–Crippen LogP) is 1.82. The fraction of sp³-hybridized carbons (Fsp3) is 0.267. The van der Waals surface area contributed by atoms with Gasteiger partial charge in [0.25, 0.3) is 5.91 Å². The summed E-state index contributed by atoms with van der Waals surface area (Å²) >= 11 is 0. The number of amides is 1. The number of carbonyl (C=O) groups is 1. The van der Waals surface area contributed by atoms with Crippen molar-refractivity contribution in [3.63, 3.8) is 0 Å². The van der Waals surface area contributed by atoms with E-state index in [1.807, 2.05) is 6.92 Å². The molecule has 1 aromatic heterocycles. The molecule has 1 aromatic carbocycles. The van der Waals surface area contributed by atoms with Gasteiger partial charge in [-0.15, -0.1) is 0 Å².